The lowest BCUT2D eigenvalue weighted by Gasteiger charge is -2.09. The van der Waals surface area contributed by atoms with Crippen LogP contribution in [-0.4, -0.2) is 13.1 Å². The minimum absolute atomic E-state index is 0.248. The van der Waals surface area contributed by atoms with Gasteiger partial charge in [0.2, 0.25) is 0 Å². The van der Waals surface area contributed by atoms with Crippen LogP contribution in [0.5, 0.6) is 11.5 Å². The van der Waals surface area contributed by atoms with Crippen LogP contribution in [0.1, 0.15) is 11.1 Å². The summed E-state index contributed by atoms with van der Waals surface area (Å²) in [6, 6.07) is 15.0. The van der Waals surface area contributed by atoms with Crippen LogP contribution < -0.4 is 9.47 Å². The number of methoxy groups -OCH3 is 1. The third-order valence-corrected chi connectivity index (χ3v) is 2.73. The van der Waals surface area contributed by atoms with Crippen molar-refractivity contribution in [3.8, 4) is 11.5 Å². The lowest BCUT2D eigenvalue weighted by Crippen LogP contribution is -2.11. The van der Waals surface area contributed by atoms with E-state index in [1.165, 1.54) is 0 Å². The summed E-state index contributed by atoms with van der Waals surface area (Å²) in [6.07, 6.45) is 0.248. The van der Waals surface area contributed by atoms with E-state index in [1.54, 1.807) is 13.2 Å². The molecule has 0 unspecified atom stereocenters. The van der Waals surface area contributed by atoms with Crippen molar-refractivity contribution in [3.63, 3.8) is 0 Å². The van der Waals surface area contributed by atoms with Crippen LogP contribution in [0.15, 0.2) is 48.5 Å². The quantitative estimate of drug-likeness (QED) is 0.622. The number of hydrogen-bond donors (Lipinski definition) is 0. The molecule has 0 fully saturated rings. The highest BCUT2D eigenvalue weighted by Crippen LogP contribution is 2.28. The molecule has 0 aromatic heterocycles. The standard InChI is InChI=1S/C16H16O3/c1-12-8-9-14(15(10-12)18-2)19-16(17)11-13-6-4-3-5-7-13/h3-10H,11H2,1-2H3. The van der Waals surface area contributed by atoms with Crippen molar-refractivity contribution in [2.24, 2.45) is 0 Å². The highest BCUT2D eigenvalue weighted by atomic mass is 16.6. The number of carbonyl (C=O) groups is 1. The molecule has 0 saturated carbocycles. The second-order valence-electron chi connectivity index (χ2n) is 4.29. The number of rotatable bonds is 4. The van der Waals surface area contributed by atoms with Crippen molar-refractivity contribution in [2.75, 3.05) is 7.11 Å². The molecule has 0 amide bonds. The lowest BCUT2D eigenvalue weighted by molar-refractivity contribution is -0.133. The zero-order chi connectivity index (χ0) is 13.7. The van der Waals surface area contributed by atoms with Gasteiger partial charge in [-0.05, 0) is 30.2 Å². The van der Waals surface area contributed by atoms with Crippen LogP contribution >= 0.6 is 0 Å². The minimum atomic E-state index is -0.298. The molecule has 0 N–H and O–H groups in total. The minimum Gasteiger partial charge on any atom is -0.493 e. The zero-order valence-corrected chi connectivity index (χ0v) is 11.1. The molecule has 0 atom stereocenters. The van der Waals surface area contributed by atoms with E-state index in [4.69, 9.17) is 9.47 Å². The predicted octanol–water partition coefficient (Wildman–Crippen LogP) is 3.15. The summed E-state index contributed by atoms with van der Waals surface area (Å²) in [5.41, 5.74) is 1.98. The predicted molar refractivity (Wildman–Crippen MR) is 73.5 cm³/mol. The van der Waals surface area contributed by atoms with E-state index in [0.29, 0.717) is 11.5 Å². The Labute approximate surface area is 112 Å². The fraction of sp³-hybridized carbons (Fsp3) is 0.188. The maximum atomic E-state index is 11.9. The molecule has 3 nitrogen and oxygen atoms in total. The van der Waals surface area contributed by atoms with Gasteiger partial charge in [0.25, 0.3) is 0 Å². The Kier molecular flexibility index (Phi) is 4.18. The molecule has 2 aromatic rings. The largest absolute Gasteiger partial charge is 0.493 e. The average Bonchev–Trinajstić information content (AvgIpc) is 2.42. The second-order valence-corrected chi connectivity index (χ2v) is 4.29. The van der Waals surface area contributed by atoms with Crippen LogP contribution in [-0.2, 0) is 11.2 Å². The molecule has 0 bridgehead atoms. The van der Waals surface area contributed by atoms with Gasteiger partial charge in [-0.2, -0.15) is 0 Å². The molecule has 0 heterocycles. The molecular weight excluding hydrogens is 240 g/mol. The zero-order valence-electron chi connectivity index (χ0n) is 11.1. The number of carbonyl (C=O) groups excluding carboxylic acids is 1. The second kappa shape index (κ2) is 6.05. The van der Waals surface area contributed by atoms with Crippen LogP contribution in [0.3, 0.4) is 0 Å². The van der Waals surface area contributed by atoms with Gasteiger partial charge in [0.15, 0.2) is 11.5 Å². The smallest absolute Gasteiger partial charge is 0.315 e. The monoisotopic (exact) mass is 256 g/mol. The number of benzene rings is 2. The first-order chi connectivity index (χ1) is 9.19. The van der Waals surface area contributed by atoms with Gasteiger partial charge in [-0.15, -0.1) is 0 Å². The molecule has 3 heteroatoms. The highest BCUT2D eigenvalue weighted by molar-refractivity contribution is 5.75. The summed E-state index contributed by atoms with van der Waals surface area (Å²) in [5.74, 6) is 0.726. The van der Waals surface area contributed by atoms with E-state index in [1.807, 2.05) is 49.4 Å². The molecule has 0 aliphatic heterocycles. The Hall–Kier alpha value is -2.29. The normalized spacial score (nSPS) is 10.0. The van der Waals surface area contributed by atoms with Crippen LogP contribution in [0.25, 0.3) is 0 Å². The van der Waals surface area contributed by atoms with Crippen molar-refractivity contribution in [2.45, 2.75) is 13.3 Å². The number of hydrogen-bond acceptors (Lipinski definition) is 3. The number of ether oxygens (including phenoxy) is 2. The Bertz CT molecular complexity index is 561. The van der Waals surface area contributed by atoms with Crippen LogP contribution in [0, 0.1) is 6.92 Å². The van der Waals surface area contributed by atoms with Crippen molar-refractivity contribution in [3.05, 3.63) is 59.7 Å². The Morgan fingerprint density at radius 1 is 1.05 bits per heavy atom. The molecule has 19 heavy (non-hydrogen) atoms. The number of esters is 1. The Morgan fingerprint density at radius 2 is 1.79 bits per heavy atom. The molecular formula is C16H16O3. The Morgan fingerprint density at radius 3 is 2.47 bits per heavy atom. The summed E-state index contributed by atoms with van der Waals surface area (Å²) in [6.45, 7) is 1.96. The number of aryl methyl sites for hydroxylation is 1. The maximum Gasteiger partial charge on any atom is 0.315 e. The molecule has 0 aliphatic rings. The molecule has 0 saturated heterocycles. The van der Waals surface area contributed by atoms with Gasteiger partial charge in [0, 0.05) is 0 Å². The Balaban J connectivity index is 2.07. The summed E-state index contributed by atoms with van der Waals surface area (Å²) >= 11 is 0. The lowest BCUT2D eigenvalue weighted by atomic mass is 10.1. The molecule has 2 aromatic carbocycles. The van der Waals surface area contributed by atoms with Gasteiger partial charge >= 0.3 is 5.97 Å². The fourth-order valence-electron chi connectivity index (χ4n) is 1.78. The first kappa shape index (κ1) is 13.1. The summed E-state index contributed by atoms with van der Waals surface area (Å²) in [7, 11) is 1.56. The van der Waals surface area contributed by atoms with E-state index < -0.39 is 0 Å². The van der Waals surface area contributed by atoms with Gasteiger partial charge in [-0.1, -0.05) is 36.4 Å². The van der Waals surface area contributed by atoms with Gasteiger partial charge in [-0.25, -0.2) is 0 Å². The molecule has 0 spiro atoms. The SMILES string of the molecule is COc1cc(C)ccc1OC(=O)Cc1ccccc1. The van der Waals surface area contributed by atoms with E-state index in [-0.39, 0.29) is 12.4 Å². The van der Waals surface area contributed by atoms with Crippen molar-refractivity contribution in [1.29, 1.82) is 0 Å². The van der Waals surface area contributed by atoms with Gasteiger partial charge in [0.1, 0.15) is 0 Å². The average molecular weight is 256 g/mol. The first-order valence-corrected chi connectivity index (χ1v) is 6.08. The molecule has 2 rings (SSSR count). The van der Waals surface area contributed by atoms with Gasteiger partial charge in [0.05, 0.1) is 13.5 Å². The first-order valence-electron chi connectivity index (χ1n) is 6.08. The molecule has 0 aliphatic carbocycles. The third kappa shape index (κ3) is 3.58. The summed E-state index contributed by atoms with van der Waals surface area (Å²) < 4.78 is 10.5. The summed E-state index contributed by atoms with van der Waals surface area (Å²) in [4.78, 5) is 11.9. The van der Waals surface area contributed by atoms with Crippen molar-refractivity contribution < 1.29 is 14.3 Å². The van der Waals surface area contributed by atoms with E-state index >= 15 is 0 Å². The van der Waals surface area contributed by atoms with Gasteiger partial charge in [-0.3, -0.25) is 4.79 Å². The molecule has 0 radical (unpaired) electrons. The fourth-order valence-corrected chi connectivity index (χ4v) is 1.78. The topological polar surface area (TPSA) is 35.5 Å². The maximum absolute atomic E-state index is 11.9. The highest BCUT2D eigenvalue weighted by Gasteiger charge is 2.10. The molecule has 98 valence electrons. The van der Waals surface area contributed by atoms with E-state index in [0.717, 1.165) is 11.1 Å². The van der Waals surface area contributed by atoms with Gasteiger partial charge < -0.3 is 9.47 Å². The summed E-state index contributed by atoms with van der Waals surface area (Å²) in [5, 5.41) is 0. The van der Waals surface area contributed by atoms with Crippen LogP contribution in [0.4, 0.5) is 0 Å². The van der Waals surface area contributed by atoms with Crippen molar-refractivity contribution in [1.82, 2.24) is 0 Å². The van der Waals surface area contributed by atoms with Crippen LogP contribution in [0.2, 0.25) is 0 Å². The van der Waals surface area contributed by atoms with Crippen molar-refractivity contribution >= 4 is 5.97 Å². The third-order valence-electron chi connectivity index (χ3n) is 2.73. The van der Waals surface area contributed by atoms with E-state index in [2.05, 4.69) is 0 Å². The van der Waals surface area contributed by atoms with E-state index in [9.17, 15) is 4.79 Å².